The first-order valence-corrected chi connectivity index (χ1v) is 13.2. The molecular formula is C31H26N4OS. The fourth-order valence-electron chi connectivity index (χ4n) is 4.82. The summed E-state index contributed by atoms with van der Waals surface area (Å²) in [6.45, 7) is 4.19. The van der Waals surface area contributed by atoms with Crippen LogP contribution in [0.2, 0.25) is 0 Å². The van der Waals surface area contributed by atoms with Gasteiger partial charge in [-0.3, -0.25) is 4.79 Å². The maximum atomic E-state index is 13.7. The number of fused-ring (bicyclic) bond motifs is 2. The van der Waals surface area contributed by atoms with Crippen molar-refractivity contribution < 1.29 is 4.79 Å². The largest absolute Gasteiger partial charge is 0.286 e. The van der Waals surface area contributed by atoms with E-state index in [0.29, 0.717) is 10.6 Å². The lowest BCUT2D eigenvalue weighted by Gasteiger charge is -2.47. The number of Topliss-reactive ketones (excluding diaryl/α,β-unsaturated/α-hetero) is 1. The van der Waals surface area contributed by atoms with Crippen LogP contribution in [0.1, 0.15) is 40.4 Å². The zero-order chi connectivity index (χ0) is 25.4. The Kier molecular flexibility index (Phi) is 5.89. The molecule has 4 aromatic carbocycles. The Labute approximate surface area is 221 Å². The van der Waals surface area contributed by atoms with Crippen LogP contribution in [0.4, 0.5) is 11.4 Å². The van der Waals surface area contributed by atoms with Crippen molar-refractivity contribution in [3.63, 3.8) is 0 Å². The Hall–Kier alpha value is -4.16. The Bertz CT molecular complexity index is 1520. The van der Waals surface area contributed by atoms with Crippen LogP contribution < -0.4 is 10.0 Å². The number of anilines is 2. The topological polar surface area (TPSA) is 48.3 Å². The lowest BCUT2D eigenvalue weighted by molar-refractivity contribution is 0.106. The van der Waals surface area contributed by atoms with Crippen LogP contribution in [0.25, 0.3) is 0 Å². The predicted octanol–water partition coefficient (Wildman–Crippen LogP) is 7.19. The molecule has 6 heteroatoms. The number of rotatable bonds is 5. The average molecular weight is 503 g/mol. The van der Waals surface area contributed by atoms with Crippen molar-refractivity contribution in [2.45, 2.75) is 25.3 Å². The first kappa shape index (κ1) is 23.3. The zero-order valence-electron chi connectivity index (χ0n) is 20.7. The van der Waals surface area contributed by atoms with Gasteiger partial charge >= 0.3 is 0 Å². The van der Waals surface area contributed by atoms with E-state index in [4.69, 9.17) is 10.2 Å². The van der Waals surface area contributed by atoms with Gasteiger partial charge in [-0.1, -0.05) is 97.4 Å². The van der Waals surface area contributed by atoms with Gasteiger partial charge in [0.1, 0.15) is 0 Å². The Morgan fingerprint density at radius 1 is 0.757 bits per heavy atom. The minimum atomic E-state index is -0.925. The van der Waals surface area contributed by atoms with E-state index in [2.05, 4.69) is 62.4 Å². The minimum absolute atomic E-state index is 0.102. The highest BCUT2D eigenvalue weighted by molar-refractivity contribution is 8.17. The van der Waals surface area contributed by atoms with Crippen LogP contribution in [0.5, 0.6) is 0 Å². The fourth-order valence-corrected chi connectivity index (χ4v) is 6.18. The van der Waals surface area contributed by atoms with Crippen molar-refractivity contribution in [1.82, 2.24) is 0 Å². The van der Waals surface area contributed by atoms with Gasteiger partial charge in [0, 0.05) is 16.7 Å². The number of benzene rings is 4. The van der Waals surface area contributed by atoms with Gasteiger partial charge in [-0.2, -0.15) is 10.2 Å². The molecule has 2 aliphatic rings. The van der Waals surface area contributed by atoms with Crippen LogP contribution in [0.15, 0.2) is 119 Å². The third kappa shape index (κ3) is 3.85. The molecule has 0 bridgehead atoms. The second-order valence-electron chi connectivity index (χ2n) is 9.05. The first-order chi connectivity index (χ1) is 18.1. The van der Waals surface area contributed by atoms with Gasteiger partial charge in [0.05, 0.1) is 17.1 Å². The number of carbonyl (C=O) groups is 1. The molecule has 0 radical (unpaired) electrons. The summed E-state index contributed by atoms with van der Waals surface area (Å²) in [4.78, 5) is 12.8. The molecule has 182 valence electrons. The van der Waals surface area contributed by atoms with Gasteiger partial charge in [-0.05, 0) is 49.4 Å². The summed E-state index contributed by atoms with van der Waals surface area (Å²) in [6, 6.07) is 36.1. The molecule has 0 fully saturated rings. The quantitative estimate of drug-likeness (QED) is 0.271. The lowest BCUT2D eigenvalue weighted by Crippen LogP contribution is -2.53. The first-order valence-electron chi connectivity index (χ1n) is 12.4. The molecule has 0 aromatic heterocycles. The number of carbonyl (C=O) groups excluding carboxylic acids is 1. The smallest absolute Gasteiger partial charge is 0.234 e. The van der Waals surface area contributed by atoms with Crippen LogP contribution in [-0.2, 0) is 4.99 Å². The summed E-state index contributed by atoms with van der Waals surface area (Å²) in [5, 5.41) is 14.7. The second kappa shape index (κ2) is 9.37. The van der Waals surface area contributed by atoms with Gasteiger partial charge in [-0.15, -0.1) is 0 Å². The number of aryl methyl sites for hydroxylation is 1. The number of thioether (sulfide) groups is 1. The van der Waals surface area contributed by atoms with E-state index >= 15 is 0 Å². The number of nitrogens with zero attached hydrogens (tertiary/aromatic N) is 4. The molecule has 4 aromatic rings. The van der Waals surface area contributed by atoms with Crippen molar-refractivity contribution in [3.8, 4) is 0 Å². The molecule has 6 rings (SSSR count). The SMILES string of the molecule is CCC1=NN(c2ccccc2)[C@@]2(SC(C(=O)c3ccccc3)=NN2c2ccc(C)cc2)c2ccccc21. The molecule has 1 spiro atoms. The summed E-state index contributed by atoms with van der Waals surface area (Å²) in [5.74, 6) is -0.102. The molecule has 0 saturated carbocycles. The standard InChI is InChI=1S/C31H26N4OS/c1-3-28-26-16-10-11-17-27(26)31(34(32-28)24-14-8-5-9-15-24)35(25-20-18-22(2)19-21-25)33-30(37-31)29(36)23-12-6-4-7-13-23/h4-21H,3H2,1-2H3/t31-/m0/s1. The molecule has 1 atom stereocenters. The van der Waals surface area contributed by atoms with Crippen molar-refractivity contribution in [3.05, 3.63) is 131 Å². The van der Waals surface area contributed by atoms with E-state index in [1.807, 2.05) is 70.7 Å². The van der Waals surface area contributed by atoms with Crippen molar-refractivity contribution >= 4 is 39.7 Å². The maximum Gasteiger partial charge on any atom is 0.234 e. The monoisotopic (exact) mass is 502 g/mol. The summed E-state index contributed by atoms with van der Waals surface area (Å²) in [5.41, 5.74) is 6.71. The number of hydrogen-bond acceptors (Lipinski definition) is 6. The Balaban J connectivity index is 1.61. The summed E-state index contributed by atoms with van der Waals surface area (Å²) < 4.78 is 0. The van der Waals surface area contributed by atoms with E-state index in [-0.39, 0.29) is 5.78 Å². The van der Waals surface area contributed by atoms with Crippen LogP contribution in [0, 0.1) is 6.92 Å². The molecule has 37 heavy (non-hydrogen) atoms. The minimum Gasteiger partial charge on any atom is -0.286 e. The maximum absolute atomic E-state index is 13.7. The Morgan fingerprint density at radius 2 is 1.35 bits per heavy atom. The molecule has 0 N–H and O–H groups in total. The molecule has 0 unspecified atom stereocenters. The second-order valence-corrected chi connectivity index (χ2v) is 10.2. The summed E-state index contributed by atoms with van der Waals surface area (Å²) >= 11 is 1.45. The highest BCUT2D eigenvalue weighted by atomic mass is 32.2. The van der Waals surface area contributed by atoms with Crippen LogP contribution in [-0.4, -0.2) is 16.5 Å². The number of hydrazone groups is 2. The fraction of sp³-hybridized carbons (Fsp3) is 0.129. The van der Waals surface area contributed by atoms with Crippen LogP contribution in [0.3, 0.4) is 0 Å². The van der Waals surface area contributed by atoms with E-state index < -0.39 is 4.99 Å². The van der Waals surface area contributed by atoms with E-state index in [9.17, 15) is 4.79 Å². The van der Waals surface area contributed by atoms with Crippen molar-refractivity contribution in [2.75, 3.05) is 10.0 Å². The molecular weight excluding hydrogens is 476 g/mol. The lowest BCUT2D eigenvalue weighted by atomic mass is 9.96. The highest BCUT2D eigenvalue weighted by Crippen LogP contribution is 2.55. The molecule has 0 saturated heterocycles. The molecule has 5 nitrogen and oxygen atoms in total. The van der Waals surface area contributed by atoms with Crippen molar-refractivity contribution in [2.24, 2.45) is 10.2 Å². The predicted molar refractivity (Wildman–Crippen MR) is 153 cm³/mol. The highest BCUT2D eigenvalue weighted by Gasteiger charge is 2.56. The molecule has 0 aliphatic carbocycles. The van der Waals surface area contributed by atoms with Crippen molar-refractivity contribution in [1.29, 1.82) is 0 Å². The van der Waals surface area contributed by atoms with Gasteiger partial charge in [0.2, 0.25) is 10.8 Å². The van der Waals surface area contributed by atoms with E-state index in [0.717, 1.165) is 40.2 Å². The third-order valence-electron chi connectivity index (χ3n) is 6.66. The normalized spacial score (nSPS) is 18.4. The van der Waals surface area contributed by atoms with Crippen LogP contribution >= 0.6 is 11.8 Å². The average Bonchev–Trinajstić information content (AvgIpc) is 3.35. The Morgan fingerprint density at radius 3 is 2.05 bits per heavy atom. The summed E-state index contributed by atoms with van der Waals surface area (Å²) in [7, 11) is 0. The number of ketones is 1. The number of para-hydroxylation sites is 1. The van der Waals surface area contributed by atoms with E-state index in [1.165, 1.54) is 11.8 Å². The van der Waals surface area contributed by atoms with E-state index in [1.54, 1.807) is 0 Å². The molecule has 0 amide bonds. The number of hydrogen-bond donors (Lipinski definition) is 0. The van der Waals surface area contributed by atoms with Gasteiger partial charge in [0.15, 0.2) is 5.04 Å². The molecule has 2 aliphatic heterocycles. The summed E-state index contributed by atoms with van der Waals surface area (Å²) in [6.07, 6.45) is 0.780. The third-order valence-corrected chi connectivity index (χ3v) is 7.97. The molecule has 2 heterocycles. The zero-order valence-corrected chi connectivity index (χ0v) is 21.5. The van der Waals surface area contributed by atoms with Gasteiger partial charge < -0.3 is 0 Å². The van der Waals surface area contributed by atoms with Gasteiger partial charge in [0.25, 0.3) is 0 Å². The van der Waals surface area contributed by atoms with Gasteiger partial charge in [-0.25, -0.2) is 10.0 Å².